The Morgan fingerprint density at radius 3 is 2.89 bits per heavy atom. The molecule has 18 heavy (non-hydrogen) atoms. The van der Waals surface area contributed by atoms with Crippen molar-refractivity contribution in [2.75, 3.05) is 19.7 Å². The Hall–Kier alpha value is -0.650. The Balaban J connectivity index is 2.53. The normalized spacial score (nSPS) is 22.7. The molecule has 1 amide bonds. The van der Waals surface area contributed by atoms with Gasteiger partial charge in [0.25, 0.3) is 5.91 Å². The van der Waals surface area contributed by atoms with Crippen LogP contribution in [0.3, 0.4) is 0 Å². The van der Waals surface area contributed by atoms with E-state index < -0.39 is 0 Å². The van der Waals surface area contributed by atoms with Crippen molar-refractivity contribution in [2.24, 2.45) is 5.84 Å². The van der Waals surface area contributed by atoms with E-state index in [9.17, 15) is 4.79 Å². The van der Waals surface area contributed by atoms with E-state index in [1.165, 1.54) is 0 Å². The van der Waals surface area contributed by atoms with E-state index in [1.807, 2.05) is 0 Å². The van der Waals surface area contributed by atoms with Gasteiger partial charge in [-0.1, -0.05) is 20.3 Å². The summed E-state index contributed by atoms with van der Waals surface area (Å²) < 4.78 is 5.80. The Morgan fingerprint density at radius 1 is 1.50 bits per heavy atom. The summed E-state index contributed by atoms with van der Waals surface area (Å²) in [6, 6.07) is -0.104. The molecule has 1 aliphatic heterocycles. The first-order valence-corrected chi connectivity index (χ1v) is 7.09. The number of hydrogen-bond acceptors (Lipinski definition) is 4. The van der Waals surface area contributed by atoms with Gasteiger partial charge in [-0.15, -0.1) is 0 Å². The van der Waals surface area contributed by atoms with Crippen LogP contribution < -0.4 is 11.3 Å². The molecule has 1 aliphatic rings. The molecule has 2 atom stereocenters. The van der Waals surface area contributed by atoms with Gasteiger partial charge in [0.05, 0.1) is 12.1 Å². The minimum atomic E-state index is -0.104. The molecule has 0 aromatic carbocycles. The molecule has 1 heterocycles. The number of carbonyl (C=O) groups is 1. The number of hydrazine groups is 1. The molecular weight excluding hydrogens is 230 g/mol. The van der Waals surface area contributed by atoms with Crippen molar-refractivity contribution in [2.45, 2.75) is 58.1 Å². The lowest BCUT2D eigenvalue weighted by molar-refractivity contribution is -0.128. The zero-order valence-corrected chi connectivity index (χ0v) is 11.7. The Morgan fingerprint density at radius 2 is 2.28 bits per heavy atom. The number of nitrogens with two attached hydrogens (primary N) is 1. The lowest BCUT2D eigenvalue weighted by Gasteiger charge is -2.37. The monoisotopic (exact) mass is 257 g/mol. The first kappa shape index (κ1) is 15.4. The van der Waals surface area contributed by atoms with E-state index in [4.69, 9.17) is 10.6 Å². The van der Waals surface area contributed by atoms with Gasteiger partial charge in [0.1, 0.15) is 0 Å². The minimum Gasteiger partial charge on any atom is -0.377 e. The fourth-order valence-electron chi connectivity index (χ4n) is 2.52. The number of carbonyl (C=O) groups excluding carboxylic acids is 1. The topological polar surface area (TPSA) is 67.6 Å². The zero-order chi connectivity index (χ0) is 13.4. The smallest absolute Gasteiger partial charge is 0.251 e. The summed E-state index contributed by atoms with van der Waals surface area (Å²) in [5.74, 6) is 5.19. The van der Waals surface area contributed by atoms with Gasteiger partial charge in [-0.2, -0.15) is 0 Å². The van der Waals surface area contributed by atoms with Crippen molar-refractivity contribution in [1.82, 2.24) is 10.3 Å². The lowest BCUT2D eigenvalue weighted by atomic mass is 10.0. The maximum Gasteiger partial charge on any atom is 0.251 e. The van der Waals surface area contributed by atoms with Crippen LogP contribution in [-0.2, 0) is 9.53 Å². The molecule has 1 rings (SSSR count). The number of likely N-dealkylation sites (tertiary alicyclic amines) is 1. The Bertz CT molecular complexity index is 248. The predicted octanol–water partition coefficient (Wildman–Crippen LogP) is 1.04. The molecule has 0 radical (unpaired) electrons. The summed E-state index contributed by atoms with van der Waals surface area (Å²) in [7, 11) is 0. The van der Waals surface area contributed by atoms with Gasteiger partial charge < -0.3 is 4.74 Å². The van der Waals surface area contributed by atoms with Crippen LogP contribution >= 0.6 is 0 Å². The van der Waals surface area contributed by atoms with Gasteiger partial charge in [0.2, 0.25) is 0 Å². The average molecular weight is 257 g/mol. The molecule has 0 aliphatic carbocycles. The Kier molecular flexibility index (Phi) is 7.23. The fourth-order valence-corrected chi connectivity index (χ4v) is 2.52. The molecule has 3 N–H and O–H groups in total. The highest BCUT2D eigenvalue weighted by Gasteiger charge is 2.29. The maximum atomic E-state index is 11.8. The first-order valence-electron chi connectivity index (χ1n) is 7.09. The highest BCUT2D eigenvalue weighted by atomic mass is 16.5. The summed E-state index contributed by atoms with van der Waals surface area (Å²) in [6.07, 6.45) is 5.33. The van der Waals surface area contributed by atoms with E-state index in [2.05, 4.69) is 24.2 Å². The van der Waals surface area contributed by atoms with Crippen molar-refractivity contribution in [1.29, 1.82) is 0 Å². The highest BCUT2D eigenvalue weighted by molar-refractivity contribution is 5.81. The second-order valence-corrected chi connectivity index (χ2v) is 4.94. The minimum absolute atomic E-state index is 0.0759. The third-order valence-corrected chi connectivity index (χ3v) is 3.42. The zero-order valence-electron chi connectivity index (χ0n) is 11.7. The second kappa shape index (κ2) is 8.45. The lowest BCUT2D eigenvalue weighted by Crippen LogP contribution is -2.53. The molecule has 1 saturated heterocycles. The van der Waals surface area contributed by atoms with Crippen LogP contribution in [0.1, 0.15) is 46.0 Å². The molecule has 0 bridgehead atoms. The van der Waals surface area contributed by atoms with Crippen LogP contribution in [0.4, 0.5) is 0 Å². The third-order valence-electron chi connectivity index (χ3n) is 3.42. The van der Waals surface area contributed by atoms with Crippen molar-refractivity contribution in [3.05, 3.63) is 0 Å². The summed E-state index contributed by atoms with van der Waals surface area (Å²) >= 11 is 0. The van der Waals surface area contributed by atoms with Crippen LogP contribution in [0.25, 0.3) is 0 Å². The van der Waals surface area contributed by atoms with Crippen molar-refractivity contribution in [3.8, 4) is 0 Å². The van der Waals surface area contributed by atoms with Gasteiger partial charge in [-0.05, 0) is 32.2 Å². The Labute approximate surface area is 110 Å². The summed E-state index contributed by atoms with van der Waals surface area (Å²) in [6.45, 7) is 6.82. The summed E-state index contributed by atoms with van der Waals surface area (Å²) in [5.41, 5.74) is 2.28. The van der Waals surface area contributed by atoms with Gasteiger partial charge in [0, 0.05) is 13.2 Å². The molecule has 0 spiro atoms. The number of nitrogens with one attached hydrogen (secondary N) is 1. The third kappa shape index (κ3) is 4.55. The highest BCUT2D eigenvalue weighted by Crippen LogP contribution is 2.18. The van der Waals surface area contributed by atoms with Crippen molar-refractivity contribution >= 4 is 5.91 Å². The number of piperidine rings is 1. The number of ether oxygens (including phenoxy) is 1. The summed E-state index contributed by atoms with van der Waals surface area (Å²) in [5, 5.41) is 0. The van der Waals surface area contributed by atoms with Crippen LogP contribution in [0.5, 0.6) is 0 Å². The van der Waals surface area contributed by atoms with E-state index in [-0.39, 0.29) is 18.1 Å². The maximum absolute atomic E-state index is 11.8. The van der Waals surface area contributed by atoms with E-state index in [1.54, 1.807) is 0 Å². The van der Waals surface area contributed by atoms with E-state index in [0.717, 1.165) is 51.8 Å². The van der Waals surface area contributed by atoms with Crippen molar-refractivity contribution in [3.63, 3.8) is 0 Å². The quantitative estimate of drug-likeness (QED) is 0.406. The molecule has 0 aromatic heterocycles. The number of rotatable bonds is 7. The number of hydrogen-bond donors (Lipinski definition) is 2. The molecule has 2 unspecified atom stereocenters. The van der Waals surface area contributed by atoms with Crippen LogP contribution in [0.2, 0.25) is 0 Å². The van der Waals surface area contributed by atoms with Crippen LogP contribution in [0, 0.1) is 0 Å². The molecule has 5 heteroatoms. The number of amides is 1. The molecular formula is C13H27N3O2. The SMILES string of the molecule is CCCOC1CCCN(C(CCC)C(=O)NN)C1. The number of nitrogens with zero attached hydrogens (tertiary/aromatic N) is 1. The second-order valence-electron chi connectivity index (χ2n) is 4.94. The first-order chi connectivity index (χ1) is 8.72. The fraction of sp³-hybridized carbons (Fsp3) is 0.923. The molecule has 5 nitrogen and oxygen atoms in total. The molecule has 1 fully saturated rings. The van der Waals surface area contributed by atoms with Gasteiger partial charge in [0.15, 0.2) is 0 Å². The summed E-state index contributed by atoms with van der Waals surface area (Å²) in [4.78, 5) is 14.0. The van der Waals surface area contributed by atoms with Gasteiger partial charge in [-0.25, -0.2) is 5.84 Å². The average Bonchev–Trinajstić information content (AvgIpc) is 2.42. The molecule has 106 valence electrons. The predicted molar refractivity (Wildman–Crippen MR) is 71.9 cm³/mol. The van der Waals surface area contributed by atoms with Gasteiger partial charge >= 0.3 is 0 Å². The molecule has 0 saturated carbocycles. The van der Waals surface area contributed by atoms with Crippen LogP contribution in [-0.4, -0.2) is 42.6 Å². The van der Waals surface area contributed by atoms with Gasteiger partial charge in [-0.3, -0.25) is 15.1 Å². The largest absolute Gasteiger partial charge is 0.377 e. The standard InChI is InChI=1S/C13H27N3O2/c1-3-6-12(13(17)15-14)16-8-5-7-11(10-16)18-9-4-2/h11-12H,3-10,14H2,1-2H3,(H,15,17). The van der Waals surface area contributed by atoms with E-state index >= 15 is 0 Å². The molecule has 0 aromatic rings. The van der Waals surface area contributed by atoms with Crippen LogP contribution in [0.15, 0.2) is 0 Å². The van der Waals surface area contributed by atoms with Crippen molar-refractivity contribution < 1.29 is 9.53 Å². The van der Waals surface area contributed by atoms with E-state index in [0.29, 0.717) is 0 Å².